The molecule has 0 saturated heterocycles. The lowest BCUT2D eigenvalue weighted by Crippen LogP contribution is -2.35. The van der Waals surface area contributed by atoms with Crippen LogP contribution in [0.4, 0.5) is 19.3 Å². The summed E-state index contributed by atoms with van der Waals surface area (Å²) in [5, 5.41) is 14.2. The van der Waals surface area contributed by atoms with Gasteiger partial charge >= 0.3 is 6.03 Å². The summed E-state index contributed by atoms with van der Waals surface area (Å²) >= 11 is 5.69. The molecule has 0 aromatic heterocycles. The number of aliphatic hydroxyl groups excluding tert-OH is 1. The minimum Gasteiger partial charge on any atom is -0.393 e. The molecule has 116 valence electrons. The number of rotatable bonds is 3. The second-order valence-electron chi connectivity index (χ2n) is 5.27. The number of amides is 2. The zero-order valence-electron chi connectivity index (χ0n) is 11.3. The van der Waals surface area contributed by atoms with Crippen molar-refractivity contribution in [2.24, 2.45) is 5.92 Å². The molecule has 1 aromatic rings. The van der Waals surface area contributed by atoms with E-state index in [4.69, 9.17) is 11.6 Å². The molecule has 1 aliphatic carbocycles. The summed E-state index contributed by atoms with van der Waals surface area (Å²) in [5.74, 6) is -1.53. The van der Waals surface area contributed by atoms with Crippen molar-refractivity contribution in [1.82, 2.24) is 5.32 Å². The van der Waals surface area contributed by atoms with Gasteiger partial charge in [-0.25, -0.2) is 13.6 Å². The van der Waals surface area contributed by atoms with E-state index in [0.29, 0.717) is 19.0 Å². The van der Waals surface area contributed by atoms with Crippen LogP contribution in [0.2, 0.25) is 5.02 Å². The molecule has 2 unspecified atom stereocenters. The highest BCUT2D eigenvalue weighted by molar-refractivity contribution is 6.33. The van der Waals surface area contributed by atoms with E-state index in [1.54, 1.807) is 0 Å². The number of hydrogen-bond donors (Lipinski definition) is 3. The average molecular weight is 319 g/mol. The number of hydrogen-bond acceptors (Lipinski definition) is 2. The van der Waals surface area contributed by atoms with Crippen molar-refractivity contribution in [2.45, 2.75) is 31.8 Å². The van der Waals surface area contributed by atoms with Gasteiger partial charge in [0.25, 0.3) is 0 Å². The van der Waals surface area contributed by atoms with E-state index in [1.165, 1.54) is 0 Å². The van der Waals surface area contributed by atoms with E-state index in [-0.39, 0.29) is 22.7 Å². The maximum absolute atomic E-state index is 13.5. The number of carbonyl (C=O) groups excluding carboxylic acids is 1. The Morgan fingerprint density at radius 3 is 2.81 bits per heavy atom. The summed E-state index contributed by atoms with van der Waals surface area (Å²) in [7, 11) is 0. The van der Waals surface area contributed by atoms with Gasteiger partial charge in [0.15, 0.2) is 5.82 Å². The lowest BCUT2D eigenvalue weighted by Gasteiger charge is -2.25. The summed E-state index contributed by atoms with van der Waals surface area (Å²) in [6, 6.07) is 0.971. The summed E-state index contributed by atoms with van der Waals surface area (Å²) in [6.45, 7) is 0.392. The van der Waals surface area contributed by atoms with Crippen molar-refractivity contribution in [3.8, 4) is 0 Å². The molecule has 21 heavy (non-hydrogen) atoms. The molecule has 0 heterocycles. The second kappa shape index (κ2) is 7.04. The number of benzene rings is 1. The Bertz CT molecular complexity index is 505. The molecule has 2 atom stereocenters. The van der Waals surface area contributed by atoms with Crippen LogP contribution in [0.15, 0.2) is 12.1 Å². The molecule has 7 heteroatoms. The van der Waals surface area contributed by atoms with Crippen LogP contribution in [-0.4, -0.2) is 23.8 Å². The number of aliphatic hydroxyl groups is 1. The second-order valence-corrected chi connectivity index (χ2v) is 5.67. The highest BCUT2D eigenvalue weighted by atomic mass is 35.5. The highest BCUT2D eigenvalue weighted by Crippen LogP contribution is 2.26. The fourth-order valence-corrected chi connectivity index (χ4v) is 2.75. The van der Waals surface area contributed by atoms with Gasteiger partial charge in [-0.05, 0) is 31.2 Å². The molecule has 0 spiro atoms. The molecule has 1 fully saturated rings. The first-order valence-corrected chi connectivity index (χ1v) is 7.21. The van der Waals surface area contributed by atoms with Crippen LogP contribution in [0.1, 0.15) is 25.7 Å². The Hall–Kier alpha value is -1.40. The van der Waals surface area contributed by atoms with Crippen LogP contribution in [0.3, 0.4) is 0 Å². The maximum atomic E-state index is 13.5. The Morgan fingerprint density at radius 1 is 1.38 bits per heavy atom. The van der Waals surface area contributed by atoms with Crippen LogP contribution in [-0.2, 0) is 0 Å². The number of carbonyl (C=O) groups is 1. The van der Waals surface area contributed by atoms with Gasteiger partial charge < -0.3 is 15.7 Å². The molecular formula is C14H17ClF2N2O2. The minimum absolute atomic E-state index is 0.198. The number of nitrogens with one attached hydrogen (secondary N) is 2. The van der Waals surface area contributed by atoms with Crippen LogP contribution in [0.5, 0.6) is 0 Å². The van der Waals surface area contributed by atoms with E-state index in [9.17, 15) is 18.7 Å². The molecule has 0 radical (unpaired) electrons. The van der Waals surface area contributed by atoms with Crippen LogP contribution in [0.25, 0.3) is 0 Å². The maximum Gasteiger partial charge on any atom is 0.319 e. The van der Waals surface area contributed by atoms with Crippen LogP contribution < -0.4 is 10.6 Å². The number of halogens is 3. The predicted octanol–water partition coefficient (Wildman–Crippen LogP) is 3.29. The predicted molar refractivity (Wildman–Crippen MR) is 76.4 cm³/mol. The van der Waals surface area contributed by atoms with Gasteiger partial charge in [0.1, 0.15) is 5.82 Å². The summed E-state index contributed by atoms with van der Waals surface area (Å²) in [6.07, 6.45) is 2.97. The Morgan fingerprint density at radius 2 is 2.14 bits per heavy atom. The van der Waals surface area contributed by atoms with Crippen LogP contribution >= 0.6 is 11.6 Å². The van der Waals surface area contributed by atoms with Crippen molar-refractivity contribution in [3.63, 3.8) is 0 Å². The third kappa shape index (κ3) is 4.54. The Labute approximate surface area is 126 Å². The van der Waals surface area contributed by atoms with Gasteiger partial charge in [-0.3, -0.25) is 0 Å². The monoisotopic (exact) mass is 318 g/mol. The van der Waals surface area contributed by atoms with Crippen molar-refractivity contribution in [3.05, 3.63) is 28.8 Å². The molecule has 1 saturated carbocycles. The van der Waals surface area contributed by atoms with E-state index in [2.05, 4.69) is 10.6 Å². The SMILES string of the molecule is O=C(NCC1CCCC(O)C1)Nc1c(F)cc(F)cc1Cl. The first kappa shape index (κ1) is 16.0. The normalized spacial score (nSPS) is 21.9. The van der Waals surface area contributed by atoms with Gasteiger partial charge in [0.2, 0.25) is 0 Å². The Kier molecular flexibility index (Phi) is 5.36. The first-order chi connectivity index (χ1) is 9.95. The molecular weight excluding hydrogens is 302 g/mol. The third-order valence-corrected chi connectivity index (χ3v) is 3.85. The quantitative estimate of drug-likeness (QED) is 0.801. The topological polar surface area (TPSA) is 61.4 Å². The molecule has 0 bridgehead atoms. The van der Waals surface area contributed by atoms with Crippen molar-refractivity contribution < 1.29 is 18.7 Å². The largest absolute Gasteiger partial charge is 0.393 e. The van der Waals surface area contributed by atoms with Crippen molar-refractivity contribution >= 4 is 23.3 Å². The van der Waals surface area contributed by atoms with E-state index in [0.717, 1.165) is 25.3 Å². The zero-order valence-corrected chi connectivity index (χ0v) is 12.1. The molecule has 2 rings (SSSR count). The van der Waals surface area contributed by atoms with Gasteiger partial charge in [0.05, 0.1) is 16.8 Å². The average Bonchev–Trinajstić information content (AvgIpc) is 2.40. The molecule has 4 nitrogen and oxygen atoms in total. The van der Waals surface area contributed by atoms with Gasteiger partial charge in [-0.15, -0.1) is 0 Å². The smallest absolute Gasteiger partial charge is 0.319 e. The zero-order chi connectivity index (χ0) is 15.4. The number of urea groups is 1. The van der Waals surface area contributed by atoms with E-state index < -0.39 is 17.7 Å². The first-order valence-electron chi connectivity index (χ1n) is 6.83. The summed E-state index contributed by atoms with van der Waals surface area (Å²) in [4.78, 5) is 11.7. The molecule has 2 amide bonds. The summed E-state index contributed by atoms with van der Waals surface area (Å²) < 4.78 is 26.4. The molecule has 0 aliphatic heterocycles. The fraction of sp³-hybridized carbons (Fsp3) is 0.500. The molecule has 1 aromatic carbocycles. The standard InChI is InChI=1S/C14H17ClF2N2O2/c15-11-5-9(16)6-12(17)13(11)19-14(21)18-7-8-2-1-3-10(20)4-8/h5-6,8,10,20H,1-4,7H2,(H2,18,19,21). The van der Waals surface area contributed by atoms with E-state index >= 15 is 0 Å². The fourth-order valence-electron chi connectivity index (χ4n) is 2.50. The lowest BCUT2D eigenvalue weighted by atomic mass is 9.87. The Balaban J connectivity index is 1.87. The highest BCUT2D eigenvalue weighted by Gasteiger charge is 2.21. The number of anilines is 1. The lowest BCUT2D eigenvalue weighted by molar-refractivity contribution is 0.101. The van der Waals surface area contributed by atoms with Crippen molar-refractivity contribution in [1.29, 1.82) is 0 Å². The third-order valence-electron chi connectivity index (χ3n) is 3.55. The van der Waals surface area contributed by atoms with Crippen molar-refractivity contribution in [2.75, 3.05) is 11.9 Å². The summed E-state index contributed by atoms with van der Waals surface area (Å²) in [5.41, 5.74) is -0.251. The molecule has 1 aliphatic rings. The van der Waals surface area contributed by atoms with Crippen LogP contribution in [0, 0.1) is 17.6 Å². The van der Waals surface area contributed by atoms with Gasteiger partial charge in [-0.1, -0.05) is 18.0 Å². The minimum atomic E-state index is -0.928. The van der Waals surface area contributed by atoms with E-state index in [1.807, 2.05) is 0 Å². The molecule has 3 N–H and O–H groups in total. The van der Waals surface area contributed by atoms with Gasteiger partial charge in [-0.2, -0.15) is 0 Å². The van der Waals surface area contributed by atoms with Gasteiger partial charge in [0, 0.05) is 12.6 Å².